The average Bonchev–Trinajstić information content (AvgIpc) is 1.72. The molecule has 1 nitrogen and oxygen atoms in total. The quantitative estimate of drug-likeness (QED) is 0.425. The zero-order valence-electron chi connectivity index (χ0n) is 3.05. The van der Waals surface area contributed by atoms with Crippen LogP contribution in [0.1, 0.15) is 0 Å². The molecule has 0 spiro atoms. The Bertz CT molecular complexity index is 73.5. The summed E-state index contributed by atoms with van der Waals surface area (Å²) in [5, 5.41) is 1.82. The summed E-state index contributed by atoms with van der Waals surface area (Å²) in [6.07, 6.45) is 6.05. The van der Waals surface area contributed by atoms with Gasteiger partial charge in [-0.2, -0.15) is 0 Å². The maximum absolute atomic E-state index is 4.66. The van der Waals surface area contributed by atoms with E-state index < -0.39 is 0 Å². The van der Waals surface area contributed by atoms with Crippen molar-refractivity contribution in [2.75, 3.05) is 0 Å². The fraction of sp³-hybridized carbons (Fsp3) is 0. The van der Waals surface area contributed by atoms with Crippen molar-refractivity contribution in [2.45, 2.75) is 0 Å². The fourth-order valence-corrected chi connectivity index (χ4v) is 0.503. The van der Waals surface area contributed by atoms with Crippen LogP contribution in [0.4, 0.5) is 0 Å². The van der Waals surface area contributed by atoms with Gasteiger partial charge < -0.3 is 4.18 Å². The minimum atomic E-state index is 1.30. The van der Waals surface area contributed by atoms with Crippen LogP contribution in [0.15, 0.2) is 17.7 Å². The van der Waals surface area contributed by atoms with E-state index in [0.717, 1.165) is 0 Å². The molecule has 0 saturated carbocycles. The third-order valence-electron chi connectivity index (χ3n) is 0.392. The van der Waals surface area contributed by atoms with Gasteiger partial charge in [0.25, 0.3) is 0 Å². The zero-order valence-corrected chi connectivity index (χ0v) is 3.87. The van der Waals surface area contributed by atoms with E-state index in [4.69, 9.17) is 0 Å². The fourth-order valence-electron chi connectivity index (χ4n) is 0.194. The van der Waals surface area contributed by atoms with Crippen LogP contribution in [0, 0.1) is 6.08 Å². The molecule has 0 aliphatic carbocycles. The van der Waals surface area contributed by atoms with Crippen molar-refractivity contribution in [1.29, 1.82) is 0 Å². The molecule has 1 rings (SSSR count). The molecule has 6 heavy (non-hydrogen) atoms. The normalized spacial score (nSPS) is 17.3. The Hall–Kier alpha value is -0.370. The molecule has 0 aromatic carbocycles. The third-order valence-corrected chi connectivity index (χ3v) is 0.846. The Morgan fingerprint density at radius 2 is 2.67 bits per heavy atom. The lowest BCUT2D eigenvalue weighted by atomic mass is 10.6. The molecule has 0 aromatic heterocycles. The molecule has 1 heterocycles. The van der Waals surface area contributed by atoms with Crippen molar-refractivity contribution in [3.8, 4) is 0 Å². The minimum Gasteiger partial charge on any atom is -0.428 e. The van der Waals surface area contributed by atoms with Crippen molar-refractivity contribution in [1.82, 2.24) is 0 Å². The molecule has 0 fully saturated rings. The molecule has 0 atom stereocenters. The van der Waals surface area contributed by atoms with Gasteiger partial charge in [-0.05, 0) is 6.08 Å². The summed E-state index contributed by atoms with van der Waals surface area (Å²) in [4.78, 5) is 0. The molecule has 1 aliphatic rings. The first-order chi connectivity index (χ1) is 3.00. The van der Waals surface area contributed by atoms with E-state index >= 15 is 0 Å². The second kappa shape index (κ2) is 1.92. The summed E-state index contributed by atoms with van der Waals surface area (Å²) >= 11 is 1.30. The van der Waals surface area contributed by atoms with Gasteiger partial charge in [0, 0.05) is 11.5 Å². The average molecular weight is 99.1 g/mol. The zero-order chi connectivity index (χ0) is 4.24. The Kier molecular flexibility index (Phi) is 1.22. The second-order valence-corrected chi connectivity index (χ2v) is 1.44. The second-order valence-electron chi connectivity index (χ2n) is 0.780. The van der Waals surface area contributed by atoms with E-state index in [9.17, 15) is 0 Å². The van der Waals surface area contributed by atoms with E-state index in [2.05, 4.69) is 10.3 Å². The van der Waals surface area contributed by atoms with Gasteiger partial charge in [-0.3, -0.25) is 0 Å². The standard InChI is InChI=1S/C4H3OS/c1-2-4-6-5-3-1/h2-4H. The first-order valence-electron chi connectivity index (χ1n) is 1.55. The summed E-state index contributed by atoms with van der Waals surface area (Å²) in [7, 11) is 0. The van der Waals surface area contributed by atoms with Crippen LogP contribution in [-0.4, -0.2) is 0 Å². The molecule has 2 heteroatoms. The maximum Gasteiger partial charge on any atom is 0.109 e. The molecule has 0 N–H and O–H groups in total. The van der Waals surface area contributed by atoms with E-state index in [1.807, 2.05) is 5.41 Å². The molecular formula is C4H3OS. The Labute approximate surface area is 40.9 Å². The lowest BCUT2D eigenvalue weighted by Crippen LogP contribution is -1.64. The van der Waals surface area contributed by atoms with Gasteiger partial charge in [0.15, 0.2) is 0 Å². The van der Waals surface area contributed by atoms with Gasteiger partial charge >= 0.3 is 0 Å². The molecule has 31 valence electrons. The van der Waals surface area contributed by atoms with Gasteiger partial charge in [0.05, 0.1) is 12.0 Å². The predicted molar refractivity (Wildman–Crippen MR) is 25.6 cm³/mol. The van der Waals surface area contributed by atoms with Crippen molar-refractivity contribution < 1.29 is 4.18 Å². The molecule has 1 aliphatic heterocycles. The third kappa shape index (κ3) is 0.792. The van der Waals surface area contributed by atoms with E-state index in [1.165, 1.54) is 18.3 Å². The Morgan fingerprint density at radius 1 is 1.67 bits per heavy atom. The number of rotatable bonds is 0. The molecule has 1 radical (unpaired) electrons. The highest BCUT2D eigenvalue weighted by Gasteiger charge is 1.78. The smallest absolute Gasteiger partial charge is 0.109 e. The highest BCUT2D eigenvalue weighted by atomic mass is 32.2. The topological polar surface area (TPSA) is 9.23 Å². The van der Waals surface area contributed by atoms with Gasteiger partial charge in [0.2, 0.25) is 0 Å². The van der Waals surface area contributed by atoms with E-state index in [0.29, 0.717) is 0 Å². The van der Waals surface area contributed by atoms with Gasteiger partial charge in [-0.15, -0.1) is 0 Å². The lowest BCUT2D eigenvalue weighted by Gasteiger charge is -1.91. The summed E-state index contributed by atoms with van der Waals surface area (Å²) < 4.78 is 4.66. The lowest BCUT2D eigenvalue weighted by molar-refractivity contribution is 0.566. The number of hydrogen-bond acceptors (Lipinski definition) is 2. The van der Waals surface area contributed by atoms with Gasteiger partial charge in [0.1, 0.15) is 6.26 Å². The monoisotopic (exact) mass is 99.0 g/mol. The summed E-state index contributed by atoms with van der Waals surface area (Å²) in [5.41, 5.74) is 0. The van der Waals surface area contributed by atoms with E-state index in [1.54, 1.807) is 6.08 Å². The summed E-state index contributed by atoms with van der Waals surface area (Å²) in [6, 6.07) is 0. The van der Waals surface area contributed by atoms with Crippen LogP contribution in [0.2, 0.25) is 0 Å². The minimum absolute atomic E-state index is 1.30. The molecule has 0 saturated heterocycles. The van der Waals surface area contributed by atoms with Crippen molar-refractivity contribution in [3.05, 3.63) is 23.8 Å². The summed E-state index contributed by atoms with van der Waals surface area (Å²) in [5.74, 6) is 0. The number of allylic oxidation sites excluding steroid dienone is 2. The molecular weight excluding hydrogens is 96.1 g/mol. The van der Waals surface area contributed by atoms with Crippen molar-refractivity contribution in [2.24, 2.45) is 0 Å². The highest BCUT2D eigenvalue weighted by Crippen LogP contribution is 2.07. The van der Waals surface area contributed by atoms with Crippen LogP contribution in [0.5, 0.6) is 0 Å². The van der Waals surface area contributed by atoms with Crippen LogP contribution in [0.25, 0.3) is 0 Å². The first kappa shape index (κ1) is 3.81. The maximum atomic E-state index is 4.66. The van der Waals surface area contributed by atoms with E-state index in [-0.39, 0.29) is 0 Å². The van der Waals surface area contributed by atoms with Gasteiger partial charge in [-0.25, -0.2) is 0 Å². The molecule has 0 amide bonds. The van der Waals surface area contributed by atoms with Crippen LogP contribution >= 0.6 is 12.0 Å². The predicted octanol–water partition coefficient (Wildman–Crippen LogP) is 1.50. The van der Waals surface area contributed by atoms with Gasteiger partial charge in [-0.1, -0.05) is 0 Å². The van der Waals surface area contributed by atoms with Crippen molar-refractivity contribution >= 4 is 12.0 Å². The number of hydrogen-bond donors (Lipinski definition) is 0. The highest BCUT2D eigenvalue weighted by molar-refractivity contribution is 7.97. The Morgan fingerprint density at radius 3 is 2.83 bits per heavy atom. The van der Waals surface area contributed by atoms with Crippen LogP contribution < -0.4 is 0 Å². The molecule has 0 aromatic rings. The molecule has 0 unspecified atom stereocenters. The largest absolute Gasteiger partial charge is 0.428 e. The van der Waals surface area contributed by atoms with Crippen LogP contribution in [-0.2, 0) is 4.18 Å². The van der Waals surface area contributed by atoms with Crippen LogP contribution in [0.3, 0.4) is 0 Å². The molecule has 0 bridgehead atoms. The first-order valence-corrected chi connectivity index (χ1v) is 2.35. The Balaban J connectivity index is 2.46. The SMILES string of the molecule is [C]1=COSC=C1. The summed E-state index contributed by atoms with van der Waals surface area (Å²) in [6.45, 7) is 0. The van der Waals surface area contributed by atoms with Crippen molar-refractivity contribution in [3.63, 3.8) is 0 Å².